The molecule has 0 saturated heterocycles. The Hall–Kier alpha value is -1.31. The summed E-state index contributed by atoms with van der Waals surface area (Å²) in [4.78, 5) is 0. The monoisotopic (exact) mass is 161 g/mol. The fourth-order valence-corrected chi connectivity index (χ4v) is 1.46. The van der Waals surface area contributed by atoms with Crippen molar-refractivity contribution < 1.29 is 5.21 Å². The normalized spacial score (nSPS) is 17.0. The number of oxime groups is 1. The largest absolute Gasteiger partial charge is 0.411 e. The lowest BCUT2D eigenvalue weighted by Gasteiger charge is -2.01. The van der Waals surface area contributed by atoms with E-state index in [0.29, 0.717) is 5.92 Å². The zero-order valence-electron chi connectivity index (χ0n) is 6.77. The minimum absolute atomic E-state index is 0.708. The van der Waals surface area contributed by atoms with E-state index in [1.54, 1.807) is 0 Å². The van der Waals surface area contributed by atoms with Crippen molar-refractivity contribution in [1.82, 2.24) is 0 Å². The van der Waals surface area contributed by atoms with Crippen LogP contribution >= 0.6 is 0 Å². The van der Waals surface area contributed by atoms with E-state index in [1.807, 2.05) is 18.2 Å². The van der Waals surface area contributed by atoms with Gasteiger partial charge in [0.2, 0.25) is 0 Å². The van der Waals surface area contributed by atoms with Crippen molar-refractivity contribution in [3.05, 3.63) is 35.4 Å². The number of benzene rings is 1. The minimum Gasteiger partial charge on any atom is -0.411 e. The van der Waals surface area contributed by atoms with Gasteiger partial charge >= 0.3 is 0 Å². The SMILES string of the molecule is ON=Cc1ccccc1C1CC1. The van der Waals surface area contributed by atoms with Gasteiger partial charge in [0, 0.05) is 0 Å². The van der Waals surface area contributed by atoms with Gasteiger partial charge in [0.15, 0.2) is 0 Å². The van der Waals surface area contributed by atoms with Gasteiger partial charge in [0.25, 0.3) is 0 Å². The minimum atomic E-state index is 0.708. The van der Waals surface area contributed by atoms with E-state index >= 15 is 0 Å². The summed E-state index contributed by atoms with van der Waals surface area (Å²) in [6.45, 7) is 0. The van der Waals surface area contributed by atoms with Crippen LogP contribution in [0.1, 0.15) is 29.9 Å². The molecule has 0 aliphatic heterocycles. The Kier molecular flexibility index (Phi) is 1.82. The molecule has 0 atom stereocenters. The first-order valence-electron chi connectivity index (χ1n) is 4.18. The van der Waals surface area contributed by atoms with E-state index in [0.717, 1.165) is 5.56 Å². The second-order valence-electron chi connectivity index (χ2n) is 3.15. The first kappa shape index (κ1) is 7.35. The lowest BCUT2D eigenvalue weighted by molar-refractivity contribution is 0.322. The van der Waals surface area contributed by atoms with Gasteiger partial charge in [-0.2, -0.15) is 0 Å². The highest BCUT2D eigenvalue weighted by Crippen LogP contribution is 2.41. The van der Waals surface area contributed by atoms with Crippen molar-refractivity contribution in [3.8, 4) is 0 Å². The lowest BCUT2D eigenvalue weighted by Crippen LogP contribution is -1.89. The molecule has 1 aromatic rings. The Labute approximate surface area is 71.5 Å². The predicted octanol–water partition coefficient (Wildman–Crippen LogP) is 2.37. The summed E-state index contributed by atoms with van der Waals surface area (Å²) in [6, 6.07) is 8.08. The van der Waals surface area contributed by atoms with Crippen LogP contribution in [0.4, 0.5) is 0 Å². The zero-order chi connectivity index (χ0) is 8.39. The van der Waals surface area contributed by atoms with E-state index in [-0.39, 0.29) is 0 Å². The molecule has 2 nitrogen and oxygen atoms in total. The van der Waals surface area contributed by atoms with Gasteiger partial charge in [0.1, 0.15) is 0 Å². The first-order chi connectivity index (χ1) is 5.92. The van der Waals surface area contributed by atoms with E-state index in [4.69, 9.17) is 5.21 Å². The molecule has 1 aromatic carbocycles. The molecular weight excluding hydrogens is 150 g/mol. The molecule has 1 aliphatic rings. The highest BCUT2D eigenvalue weighted by atomic mass is 16.4. The molecular formula is C10H11NO. The van der Waals surface area contributed by atoms with Crippen molar-refractivity contribution in [1.29, 1.82) is 0 Å². The summed E-state index contributed by atoms with van der Waals surface area (Å²) < 4.78 is 0. The average molecular weight is 161 g/mol. The van der Waals surface area contributed by atoms with E-state index in [2.05, 4.69) is 11.2 Å². The van der Waals surface area contributed by atoms with Gasteiger partial charge in [0.05, 0.1) is 6.21 Å². The molecule has 62 valence electrons. The number of hydrogen-bond donors (Lipinski definition) is 1. The molecule has 2 heteroatoms. The maximum Gasteiger partial charge on any atom is 0.0736 e. The molecule has 0 aromatic heterocycles. The van der Waals surface area contributed by atoms with Gasteiger partial charge in [-0.15, -0.1) is 0 Å². The Bertz CT molecular complexity index is 302. The van der Waals surface area contributed by atoms with Crippen LogP contribution in [-0.4, -0.2) is 11.4 Å². The fourth-order valence-electron chi connectivity index (χ4n) is 1.46. The van der Waals surface area contributed by atoms with Crippen LogP contribution in [0.25, 0.3) is 0 Å². The summed E-state index contributed by atoms with van der Waals surface area (Å²) >= 11 is 0. The van der Waals surface area contributed by atoms with Gasteiger partial charge in [-0.05, 0) is 29.9 Å². The van der Waals surface area contributed by atoms with Crippen LogP contribution in [0.3, 0.4) is 0 Å². The van der Waals surface area contributed by atoms with Crippen LogP contribution in [0, 0.1) is 0 Å². The molecule has 0 amide bonds. The van der Waals surface area contributed by atoms with E-state index in [1.165, 1.54) is 24.6 Å². The van der Waals surface area contributed by atoms with Crippen molar-refractivity contribution in [2.45, 2.75) is 18.8 Å². The van der Waals surface area contributed by atoms with Gasteiger partial charge < -0.3 is 5.21 Å². The third kappa shape index (κ3) is 1.33. The highest BCUT2D eigenvalue weighted by Gasteiger charge is 2.24. The topological polar surface area (TPSA) is 32.6 Å². The Morgan fingerprint density at radius 3 is 2.75 bits per heavy atom. The Balaban J connectivity index is 2.36. The molecule has 1 N–H and O–H groups in total. The summed E-state index contributed by atoms with van der Waals surface area (Å²) in [6.07, 6.45) is 4.06. The second-order valence-corrected chi connectivity index (χ2v) is 3.15. The Morgan fingerprint density at radius 2 is 2.08 bits per heavy atom. The number of nitrogens with zero attached hydrogens (tertiary/aromatic N) is 1. The summed E-state index contributed by atoms with van der Waals surface area (Å²) in [5.74, 6) is 0.708. The van der Waals surface area contributed by atoms with Gasteiger partial charge in [-0.3, -0.25) is 0 Å². The van der Waals surface area contributed by atoms with Crippen LogP contribution in [-0.2, 0) is 0 Å². The number of rotatable bonds is 2. The quantitative estimate of drug-likeness (QED) is 0.403. The zero-order valence-corrected chi connectivity index (χ0v) is 6.77. The average Bonchev–Trinajstić information content (AvgIpc) is 2.89. The first-order valence-corrected chi connectivity index (χ1v) is 4.18. The molecule has 1 aliphatic carbocycles. The van der Waals surface area contributed by atoms with E-state index < -0.39 is 0 Å². The standard InChI is InChI=1S/C10H11NO/c12-11-7-9-3-1-2-4-10(9)8-5-6-8/h1-4,7-8,12H,5-6H2. The molecule has 2 rings (SSSR count). The van der Waals surface area contributed by atoms with Crippen LogP contribution in [0.15, 0.2) is 29.4 Å². The summed E-state index contributed by atoms with van der Waals surface area (Å²) in [5, 5.41) is 11.5. The maximum atomic E-state index is 8.42. The third-order valence-corrected chi connectivity index (χ3v) is 2.21. The molecule has 1 saturated carbocycles. The lowest BCUT2D eigenvalue weighted by atomic mass is 10.0. The van der Waals surface area contributed by atoms with Gasteiger partial charge in [-0.25, -0.2) is 0 Å². The van der Waals surface area contributed by atoms with Crippen molar-refractivity contribution in [2.75, 3.05) is 0 Å². The van der Waals surface area contributed by atoms with E-state index in [9.17, 15) is 0 Å². The molecule has 0 heterocycles. The molecule has 12 heavy (non-hydrogen) atoms. The van der Waals surface area contributed by atoms with Crippen LogP contribution < -0.4 is 0 Å². The van der Waals surface area contributed by atoms with Crippen LogP contribution in [0.5, 0.6) is 0 Å². The third-order valence-electron chi connectivity index (χ3n) is 2.21. The molecule has 0 radical (unpaired) electrons. The maximum absolute atomic E-state index is 8.42. The summed E-state index contributed by atoms with van der Waals surface area (Å²) in [7, 11) is 0. The molecule has 0 bridgehead atoms. The Morgan fingerprint density at radius 1 is 1.33 bits per heavy atom. The van der Waals surface area contributed by atoms with Crippen molar-refractivity contribution in [3.63, 3.8) is 0 Å². The number of hydrogen-bond acceptors (Lipinski definition) is 2. The van der Waals surface area contributed by atoms with Crippen molar-refractivity contribution in [2.24, 2.45) is 5.16 Å². The smallest absolute Gasteiger partial charge is 0.0736 e. The highest BCUT2D eigenvalue weighted by molar-refractivity contribution is 5.81. The fraction of sp³-hybridized carbons (Fsp3) is 0.300. The van der Waals surface area contributed by atoms with Gasteiger partial charge in [-0.1, -0.05) is 29.4 Å². The molecule has 1 fully saturated rings. The van der Waals surface area contributed by atoms with Crippen LogP contribution in [0.2, 0.25) is 0 Å². The summed E-state index contributed by atoms with van der Waals surface area (Å²) in [5.41, 5.74) is 2.36. The second kappa shape index (κ2) is 2.97. The van der Waals surface area contributed by atoms with Crippen molar-refractivity contribution >= 4 is 6.21 Å². The molecule has 0 spiro atoms. The predicted molar refractivity (Wildman–Crippen MR) is 47.8 cm³/mol. The molecule has 0 unspecified atom stereocenters.